The molecule has 34 heavy (non-hydrogen) atoms. The number of aliphatic hydroxyl groups is 1. The SMILES string of the molecule is CC(O)(CNC(=O)[C@H]1OCC[C@H]1CNC(=O)OCC1c2ccccc2-c2ccccc21)C(=O)O. The minimum Gasteiger partial charge on any atom is -0.479 e. The topological polar surface area (TPSA) is 134 Å². The predicted octanol–water partition coefficient (Wildman–Crippen LogP) is 1.88. The minimum atomic E-state index is -2.08. The van der Waals surface area contributed by atoms with Gasteiger partial charge in [-0.15, -0.1) is 0 Å². The van der Waals surface area contributed by atoms with Gasteiger partial charge in [0, 0.05) is 25.0 Å². The van der Waals surface area contributed by atoms with E-state index in [0.29, 0.717) is 13.0 Å². The van der Waals surface area contributed by atoms with Crippen LogP contribution >= 0.6 is 0 Å². The molecule has 0 saturated carbocycles. The Kier molecular flexibility index (Phi) is 6.85. The summed E-state index contributed by atoms with van der Waals surface area (Å²) in [5.41, 5.74) is 2.45. The number of nitrogens with one attached hydrogen (secondary N) is 2. The number of carbonyl (C=O) groups is 3. The van der Waals surface area contributed by atoms with Gasteiger partial charge in [0.2, 0.25) is 5.91 Å². The molecule has 180 valence electrons. The van der Waals surface area contributed by atoms with Gasteiger partial charge in [0.05, 0.1) is 6.54 Å². The first-order valence-electron chi connectivity index (χ1n) is 11.2. The van der Waals surface area contributed by atoms with Crippen LogP contribution in [-0.4, -0.2) is 66.2 Å². The Labute approximate surface area is 197 Å². The standard InChI is InChI=1S/C25H28N2O7/c1-25(32,23(29)30)14-27-22(28)21-15(10-11-33-21)12-26-24(31)34-13-20-18-8-4-2-6-16(18)17-7-3-5-9-19(17)20/h2-9,15,20-21,32H,10-14H2,1H3,(H,26,31)(H,27,28)(H,29,30)/t15-,21-,25?/m0/s1. The maximum absolute atomic E-state index is 12.4. The van der Waals surface area contributed by atoms with Gasteiger partial charge in [0.1, 0.15) is 12.7 Å². The Morgan fingerprint density at radius 3 is 2.29 bits per heavy atom. The normalized spacial score (nSPS) is 20.6. The van der Waals surface area contributed by atoms with Crippen molar-refractivity contribution in [1.82, 2.24) is 10.6 Å². The number of benzene rings is 2. The summed E-state index contributed by atoms with van der Waals surface area (Å²) in [5, 5.41) is 23.8. The summed E-state index contributed by atoms with van der Waals surface area (Å²) in [6.07, 6.45) is -0.878. The summed E-state index contributed by atoms with van der Waals surface area (Å²) in [6, 6.07) is 16.1. The molecule has 0 aromatic heterocycles. The van der Waals surface area contributed by atoms with Crippen LogP contribution in [0.3, 0.4) is 0 Å². The first kappa shape index (κ1) is 23.7. The van der Waals surface area contributed by atoms with Crippen LogP contribution in [0.4, 0.5) is 4.79 Å². The second-order valence-corrected chi connectivity index (χ2v) is 8.84. The van der Waals surface area contributed by atoms with Gasteiger partial charge >= 0.3 is 12.1 Å². The fourth-order valence-corrected chi connectivity index (χ4v) is 4.43. The number of ether oxygens (including phenoxy) is 2. The van der Waals surface area contributed by atoms with E-state index >= 15 is 0 Å². The monoisotopic (exact) mass is 468 g/mol. The van der Waals surface area contributed by atoms with E-state index in [-0.39, 0.29) is 25.0 Å². The first-order chi connectivity index (χ1) is 16.3. The molecule has 1 aliphatic carbocycles. The summed E-state index contributed by atoms with van der Waals surface area (Å²) in [6.45, 7) is 1.35. The molecule has 1 fully saturated rings. The lowest BCUT2D eigenvalue weighted by molar-refractivity contribution is -0.156. The van der Waals surface area contributed by atoms with Crippen molar-refractivity contribution in [2.45, 2.75) is 31.0 Å². The van der Waals surface area contributed by atoms with E-state index < -0.39 is 36.2 Å². The highest BCUT2D eigenvalue weighted by molar-refractivity contribution is 5.83. The summed E-state index contributed by atoms with van der Waals surface area (Å²) in [4.78, 5) is 35.8. The van der Waals surface area contributed by atoms with Crippen LogP contribution in [0, 0.1) is 5.92 Å². The lowest BCUT2D eigenvalue weighted by Gasteiger charge is -2.22. The highest BCUT2D eigenvalue weighted by Gasteiger charge is 2.37. The fourth-order valence-electron chi connectivity index (χ4n) is 4.43. The van der Waals surface area contributed by atoms with Crippen LogP contribution in [0.1, 0.15) is 30.4 Å². The first-order valence-corrected chi connectivity index (χ1v) is 11.2. The van der Waals surface area contributed by atoms with Crippen molar-refractivity contribution < 1.29 is 34.1 Å². The molecule has 2 aliphatic rings. The van der Waals surface area contributed by atoms with Gasteiger partial charge in [-0.3, -0.25) is 4.79 Å². The Morgan fingerprint density at radius 2 is 1.68 bits per heavy atom. The van der Waals surface area contributed by atoms with Crippen LogP contribution in [-0.2, 0) is 19.1 Å². The second kappa shape index (κ2) is 9.82. The number of fused-ring (bicyclic) bond motifs is 3. The lowest BCUT2D eigenvalue weighted by atomic mass is 9.98. The Bertz CT molecular complexity index is 1040. The van der Waals surface area contributed by atoms with Gasteiger partial charge in [0.15, 0.2) is 5.60 Å². The molecule has 9 nitrogen and oxygen atoms in total. The predicted molar refractivity (Wildman–Crippen MR) is 122 cm³/mol. The van der Waals surface area contributed by atoms with Crippen molar-refractivity contribution in [2.24, 2.45) is 5.92 Å². The molecule has 3 atom stereocenters. The van der Waals surface area contributed by atoms with E-state index in [1.807, 2.05) is 36.4 Å². The number of carboxylic acids is 1. The van der Waals surface area contributed by atoms with Crippen molar-refractivity contribution >= 4 is 18.0 Å². The quantitative estimate of drug-likeness (QED) is 0.465. The van der Waals surface area contributed by atoms with Gasteiger partial charge in [-0.05, 0) is 35.6 Å². The molecule has 1 saturated heterocycles. The van der Waals surface area contributed by atoms with E-state index in [4.69, 9.17) is 14.6 Å². The number of carboxylic acid groups (broad SMARTS) is 1. The number of aliphatic carboxylic acids is 1. The van der Waals surface area contributed by atoms with Crippen LogP contribution in [0.25, 0.3) is 11.1 Å². The molecule has 2 aromatic rings. The van der Waals surface area contributed by atoms with Gasteiger partial charge in [-0.25, -0.2) is 9.59 Å². The molecule has 0 bridgehead atoms. The van der Waals surface area contributed by atoms with Crippen LogP contribution < -0.4 is 10.6 Å². The fraction of sp³-hybridized carbons (Fsp3) is 0.400. The molecule has 0 spiro atoms. The Hall–Kier alpha value is -3.43. The lowest BCUT2D eigenvalue weighted by Crippen LogP contribution is -2.50. The maximum Gasteiger partial charge on any atom is 0.407 e. The molecule has 9 heteroatoms. The molecule has 4 rings (SSSR count). The van der Waals surface area contributed by atoms with Gasteiger partial charge in [-0.1, -0.05) is 48.5 Å². The molecular formula is C25H28N2O7. The molecule has 1 heterocycles. The average Bonchev–Trinajstić information content (AvgIpc) is 3.42. The zero-order valence-electron chi connectivity index (χ0n) is 18.8. The van der Waals surface area contributed by atoms with Gasteiger partial charge in [-0.2, -0.15) is 0 Å². The summed E-state index contributed by atoms with van der Waals surface area (Å²) >= 11 is 0. The largest absolute Gasteiger partial charge is 0.479 e. The minimum absolute atomic E-state index is 0.0477. The third kappa shape index (κ3) is 4.90. The molecular weight excluding hydrogens is 440 g/mol. The molecule has 4 N–H and O–H groups in total. The van der Waals surface area contributed by atoms with Gasteiger partial charge in [0.25, 0.3) is 0 Å². The van der Waals surface area contributed by atoms with E-state index in [2.05, 4.69) is 22.8 Å². The third-order valence-corrected chi connectivity index (χ3v) is 6.39. The zero-order chi connectivity index (χ0) is 24.3. The van der Waals surface area contributed by atoms with Crippen molar-refractivity contribution in [3.63, 3.8) is 0 Å². The molecule has 2 amide bonds. The van der Waals surface area contributed by atoms with Crippen molar-refractivity contribution in [1.29, 1.82) is 0 Å². The summed E-state index contributed by atoms with van der Waals surface area (Å²) in [5.74, 6) is -2.31. The number of carbonyl (C=O) groups excluding carboxylic acids is 2. The van der Waals surface area contributed by atoms with Crippen LogP contribution in [0.5, 0.6) is 0 Å². The number of amides is 2. The number of alkyl carbamates (subject to hydrolysis) is 1. The van der Waals surface area contributed by atoms with Crippen LogP contribution in [0.15, 0.2) is 48.5 Å². The zero-order valence-corrected chi connectivity index (χ0v) is 18.8. The van der Waals surface area contributed by atoms with Crippen molar-refractivity contribution in [3.05, 3.63) is 59.7 Å². The molecule has 0 radical (unpaired) electrons. The average molecular weight is 469 g/mol. The number of rotatable bonds is 8. The van der Waals surface area contributed by atoms with E-state index in [1.165, 1.54) is 0 Å². The van der Waals surface area contributed by atoms with Crippen molar-refractivity contribution in [3.8, 4) is 11.1 Å². The van der Waals surface area contributed by atoms with E-state index in [1.54, 1.807) is 0 Å². The number of hydrogen-bond donors (Lipinski definition) is 4. The maximum atomic E-state index is 12.4. The summed E-state index contributed by atoms with van der Waals surface area (Å²) in [7, 11) is 0. The third-order valence-electron chi connectivity index (χ3n) is 6.39. The molecule has 1 unspecified atom stereocenters. The summed E-state index contributed by atoms with van der Waals surface area (Å²) < 4.78 is 11.0. The molecule has 1 aliphatic heterocycles. The van der Waals surface area contributed by atoms with Crippen LogP contribution in [0.2, 0.25) is 0 Å². The Balaban J connectivity index is 1.29. The van der Waals surface area contributed by atoms with E-state index in [0.717, 1.165) is 29.2 Å². The highest BCUT2D eigenvalue weighted by Crippen LogP contribution is 2.44. The van der Waals surface area contributed by atoms with Gasteiger partial charge < -0.3 is 30.3 Å². The van der Waals surface area contributed by atoms with E-state index in [9.17, 15) is 19.5 Å². The Morgan fingerprint density at radius 1 is 1.06 bits per heavy atom. The molecule has 2 aromatic carbocycles. The second-order valence-electron chi connectivity index (χ2n) is 8.84. The highest BCUT2D eigenvalue weighted by atomic mass is 16.5. The smallest absolute Gasteiger partial charge is 0.407 e. The van der Waals surface area contributed by atoms with Crippen molar-refractivity contribution in [2.75, 3.05) is 26.3 Å². The number of hydrogen-bond acceptors (Lipinski definition) is 6.